The highest BCUT2D eigenvalue weighted by atomic mass is 16.3. The number of aromatic nitrogens is 1. The van der Waals surface area contributed by atoms with Crippen molar-refractivity contribution in [1.82, 2.24) is 4.98 Å². The predicted molar refractivity (Wildman–Crippen MR) is 49.9 cm³/mol. The van der Waals surface area contributed by atoms with Gasteiger partial charge in [-0.05, 0) is 38.5 Å². The van der Waals surface area contributed by atoms with E-state index in [1.54, 1.807) is 13.1 Å². The van der Waals surface area contributed by atoms with Crippen LogP contribution in [0, 0.1) is 6.92 Å². The second kappa shape index (κ2) is 3.39. The summed E-state index contributed by atoms with van der Waals surface area (Å²) in [6, 6.07) is 3.89. The van der Waals surface area contributed by atoms with Crippen LogP contribution in [-0.4, -0.2) is 10.1 Å². The lowest BCUT2D eigenvalue weighted by Crippen LogP contribution is -1.89. The molecular formula is C10H13NO. The Bertz CT molecular complexity index is 311. The standard InChI is InChI=1S/C10H13NO/c1-7-4-5-11-10(6-7)8(2)9(3)12/h4-6,12H,1-3H3/b9-8-. The van der Waals surface area contributed by atoms with Crippen LogP contribution < -0.4 is 0 Å². The second-order valence-corrected chi connectivity index (χ2v) is 2.93. The molecule has 1 N–H and O–H groups in total. The van der Waals surface area contributed by atoms with Gasteiger partial charge in [0, 0.05) is 11.8 Å². The zero-order chi connectivity index (χ0) is 9.14. The van der Waals surface area contributed by atoms with Gasteiger partial charge >= 0.3 is 0 Å². The van der Waals surface area contributed by atoms with Crippen LogP contribution in [0.4, 0.5) is 0 Å². The zero-order valence-electron chi connectivity index (χ0n) is 7.63. The number of aliphatic hydroxyl groups excluding tert-OH is 1. The van der Waals surface area contributed by atoms with E-state index in [4.69, 9.17) is 0 Å². The Hall–Kier alpha value is -1.31. The lowest BCUT2D eigenvalue weighted by molar-refractivity contribution is 0.416. The molecule has 0 amide bonds. The molecule has 0 saturated heterocycles. The second-order valence-electron chi connectivity index (χ2n) is 2.93. The van der Waals surface area contributed by atoms with E-state index >= 15 is 0 Å². The van der Waals surface area contributed by atoms with Crippen LogP contribution in [0.15, 0.2) is 24.1 Å². The number of nitrogens with zero attached hydrogens (tertiary/aromatic N) is 1. The molecule has 2 nitrogen and oxygen atoms in total. The molecule has 0 aliphatic rings. The average Bonchev–Trinajstić information content (AvgIpc) is 2.03. The van der Waals surface area contributed by atoms with Crippen molar-refractivity contribution in [3.8, 4) is 0 Å². The van der Waals surface area contributed by atoms with Gasteiger partial charge in [-0.3, -0.25) is 4.98 Å². The van der Waals surface area contributed by atoms with Crippen molar-refractivity contribution in [3.63, 3.8) is 0 Å². The molecule has 0 aliphatic carbocycles. The van der Waals surface area contributed by atoms with Crippen molar-refractivity contribution in [1.29, 1.82) is 0 Å². The topological polar surface area (TPSA) is 33.1 Å². The van der Waals surface area contributed by atoms with Crippen LogP contribution in [0.2, 0.25) is 0 Å². The molecule has 0 aromatic carbocycles. The minimum Gasteiger partial charge on any atom is -0.512 e. The van der Waals surface area contributed by atoms with E-state index in [1.807, 2.05) is 26.0 Å². The quantitative estimate of drug-likeness (QED) is 0.646. The van der Waals surface area contributed by atoms with E-state index in [0.29, 0.717) is 5.76 Å². The SMILES string of the molecule is C/C(O)=C(\C)c1cc(C)ccn1. The molecule has 64 valence electrons. The van der Waals surface area contributed by atoms with Gasteiger partial charge in [0.25, 0.3) is 0 Å². The molecule has 1 rings (SSSR count). The fourth-order valence-corrected chi connectivity index (χ4v) is 0.927. The van der Waals surface area contributed by atoms with E-state index < -0.39 is 0 Å². The van der Waals surface area contributed by atoms with Gasteiger partial charge in [-0.2, -0.15) is 0 Å². The third-order valence-corrected chi connectivity index (χ3v) is 1.84. The van der Waals surface area contributed by atoms with Gasteiger partial charge in [0.2, 0.25) is 0 Å². The highest BCUT2D eigenvalue weighted by Gasteiger charge is 1.99. The summed E-state index contributed by atoms with van der Waals surface area (Å²) in [4.78, 5) is 4.14. The summed E-state index contributed by atoms with van der Waals surface area (Å²) in [5.41, 5.74) is 2.83. The monoisotopic (exact) mass is 163 g/mol. The lowest BCUT2D eigenvalue weighted by atomic mass is 10.1. The van der Waals surface area contributed by atoms with Crippen molar-refractivity contribution < 1.29 is 5.11 Å². The molecule has 0 saturated carbocycles. The van der Waals surface area contributed by atoms with Crippen LogP contribution in [0.3, 0.4) is 0 Å². The maximum absolute atomic E-state index is 9.20. The van der Waals surface area contributed by atoms with Crippen molar-refractivity contribution in [2.75, 3.05) is 0 Å². The molecule has 0 aliphatic heterocycles. The third-order valence-electron chi connectivity index (χ3n) is 1.84. The van der Waals surface area contributed by atoms with Gasteiger partial charge < -0.3 is 5.11 Å². The largest absolute Gasteiger partial charge is 0.512 e. The van der Waals surface area contributed by atoms with Gasteiger partial charge in [-0.1, -0.05) is 0 Å². The zero-order valence-corrected chi connectivity index (χ0v) is 7.63. The van der Waals surface area contributed by atoms with Gasteiger partial charge in [-0.15, -0.1) is 0 Å². The Morgan fingerprint density at radius 3 is 2.58 bits per heavy atom. The summed E-state index contributed by atoms with van der Waals surface area (Å²) in [7, 11) is 0. The fraction of sp³-hybridized carbons (Fsp3) is 0.300. The Kier molecular flexibility index (Phi) is 2.48. The first-order chi connectivity index (χ1) is 5.61. The summed E-state index contributed by atoms with van der Waals surface area (Å²) in [5, 5.41) is 9.20. The number of hydrogen-bond acceptors (Lipinski definition) is 2. The van der Waals surface area contributed by atoms with Crippen LogP contribution in [0.5, 0.6) is 0 Å². The molecule has 1 heterocycles. The molecule has 0 unspecified atom stereocenters. The summed E-state index contributed by atoms with van der Waals surface area (Å²) >= 11 is 0. The van der Waals surface area contributed by atoms with E-state index in [9.17, 15) is 5.11 Å². The molecule has 0 radical (unpaired) electrons. The van der Waals surface area contributed by atoms with Crippen molar-refractivity contribution in [2.45, 2.75) is 20.8 Å². The Morgan fingerprint density at radius 1 is 1.42 bits per heavy atom. The first-order valence-electron chi connectivity index (χ1n) is 3.90. The lowest BCUT2D eigenvalue weighted by Gasteiger charge is -2.02. The van der Waals surface area contributed by atoms with Gasteiger partial charge in [0.15, 0.2) is 0 Å². The van der Waals surface area contributed by atoms with Crippen LogP contribution in [0.1, 0.15) is 25.1 Å². The number of aryl methyl sites for hydroxylation is 1. The first-order valence-corrected chi connectivity index (χ1v) is 3.90. The molecular weight excluding hydrogens is 150 g/mol. The first kappa shape index (κ1) is 8.78. The molecule has 1 aromatic rings. The number of aliphatic hydroxyl groups is 1. The number of hydrogen-bond donors (Lipinski definition) is 1. The maximum Gasteiger partial charge on any atom is 0.0942 e. The summed E-state index contributed by atoms with van der Waals surface area (Å²) in [6.45, 7) is 5.53. The fourth-order valence-electron chi connectivity index (χ4n) is 0.927. The predicted octanol–water partition coefficient (Wildman–Crippen LogP) is 2.70. The van der Waals surface area contributed by atoms with Crippen molar-refractivity contribution in [3.05, 3.63) is 35.3 Å². The average molecular weight is 163 g/mol. The summed E-state index contributed by atoms with van der Waals surface area (Å²) < 4.78 is 0. The third kappa shape index (κ3) is 1.84. The van der Waals surface area contributed by atoms with E-state index in [1.165, 1.54) is 0 Å². The van der Waals surface area contributed by atoms with Gasteiger partial charge in [0.1, 0.15) is 0 Å². The smallest absolute Gasteiger partial charge is 0.0942 e. The molecule has 0 spiro atoms. The highest BCUT2D eigenvalue weighted by molar-refractivity contribution is 5.62. The molecule has 1 aromatic heterocycles. The number of rotatable bonds is 1. The van der Waals surface area contributed by atoms with Gasteiger partial charge in [0.05, 0.1) is 11.5 Å². The number of allylic oxidation sites excluding steroid dienone is 2. The van der Waals surface area contributed by atoms with E-state index in [0.717, 1.165) is 16.8 Å². The maximum atomic E-state index is 9.20. The Labute approximate surface area is 72.6 Å². The molecule has 2 heteroatoms. The minimum absolute atomic E-state index is 0.327. The van der Waals surface area contributed by atoms with Crippen LogP contribution >= 0.6 is 0 Å². The number of pyridine rings is 1. The summed E-state index contributed by atoms with van der Waals surface area (Å²) in [5.74, 6) is 0.327. The minimum atomic E-state index is 0.327. The normalized spacial score (nSPS) is 12.6. The highest BCUT2D eigenvalue weighted by Crippen LogP contribution is 2.14. The molecule has 0 atom stereocenters. The van der Waals surface area contributed by atoms with Gasteiger partial charge in [-0.25, -0.2) is 0 Å². The molecule has 12 heavy (non-hydrogen) atoms. The van der Waals surface area contributed by atoms with Crippen molar-refractivity contribution >= 4 is 5.57 Å². The van der Waals surface area contributed by atoms with Crippen LogP contribution in [-0.2, 0) is 0 Å². The molecule has 0 bridgehead atoms. The van der Waals surface area contributed by atoms with E-state index in [-0.39, 0.29) is 0 Å². The summed E-state index contributed by atoms with van der Waals surface area (Å²) in [6.07, 6.45) is 1.75. The van der Waals surface area contributed by atoms with Crippen LogP contribution in [0.25, 0.3) is 5.57 Å². The Morgan fingerprint density at radius 2 is 2.08 bits per heavy atom. The molecule has 0 fully saturated rings. The Balaban J connectivity index is 3.13. The van der Waals surface area contributed by atoms with Crippen molar-refractivity contribution in [2.24, 2.45) is 0 Å². The van der Waals surface area contributed by atoms with E-state index in [2.05, 4.69) is 4.98 Å².